The molecule has 1 unspecified atom stereocenters. The molecule has 1 atom stereocenters. The number of anilines is 1. The van der Waals surface area contributed by atoms with Crippen LogP contribution in [0.4, 0.5) is 10.5 Å². The van der Waals surface area contributed by atoms with Crippen LogP contribution in [0, 0.1) is 11.8 Å². The van der Waals surface area contributed by atoms with Crippen molar-refractivity contribution in [2.75, 3.05) is 32.8 Å². The third kappa shape index (κ3) is 6.92. The zero-order valence-electron chi connectivity index (χ0n) is 17.3. The number of aliphatic hydroxyl groups excluding tert-OH is 1. The predicted octanol–water partition coefficient (Wildman–Crippen LogP) is 2.78. The number of aliphatic hydroxyl groups is 1. The number of methoxy groups -OCH3 is 2. The minimum atomic E-state index is -0.685. The zero-order valence-corrected chi connectivity index (χ0v) is 17.3. The van der Waals surface area contributed by atoms with Crippen LogP contribution in [0.1, 0.15) is 34.8 Å². The third-order valence-electron chi connectivity index (χ3n) is 4.30. The van der Waals surface area contributed by atoms with Crippen molar-refractivity contribution in [3.05, 3.63) is 65.2 Å². The average Bonchev–Trinajstić information content (AvgIpc) is 2.72. The van der Waals surface area contributed by atoms with Crippen molar-refractivity contribution >= 4 is 17.7 Å². The fourth-order valence-corrected chi connectivity index (χ4v) is 2.83. The van der Waals surface area contributed by atoms with Crippen LogP contribution in [0.5, 0.6) is 0 Å². The first kappa shape index (κ1) is 22.9. The Bertz CT molecular complexity index is 940. The van der Waals surface area contributed by atoms with E-state index in [1.807, 2.05) is 6.07 Å². The molecule has 7 nitrogen and oxygen atoms in total. The van der Waals surface area contributed by atoms with E-state index in [4.69, 9.17) is 9.47 Å². The summed E-state index contributed by atoms with van der Waals surface area (Å²) in [7, 11) is 2.87. The summed E-state index contributed by atoms with van der Waals surface area (Å²) in [6.07, 6.45) is 0.365. The highest BCUT2D eigenvalue weighted by atomic mass is 16.5. The minimum Gasteiger partial charge on any atom is -0.465 e. The van der Waals surface area contributed by atoms with Crippen LogP contribution < -0.4 is 10.6 Å². The van der Waals surface area contributed by atoms with Gasteiger partial charge in [-0.1, -0.05) is 24.0 Å². The van der Waals surface area contributed by atoms with E-state index in [1.54, 1.807) is 49.4 Å². The topological polar surface area (TPSA) is 96.9 Å². The maximum atomic E-state index is 12.4. The number of hydrogen-bond acceptors (Lipinski definition) is 5. The van der Waals surface area contributed by atoms with Gasteiger partial charge in [-0.05, 0) is 49.7 Å². The number of ether oxygens (including phenoxy) is 2. The molecule has 0 aliphatic heterocycles. The Kier molecular flexibility index (Phi) is 8.41. The fraction of sp³-hybridized carbons (Fsp3) is 0.304. The zero-order chi connectivity index (χ0) is 22.0. The molecule has 0 spiro atoms. The summed E-state index contributed by atoms with van der Waals surface area (Å²) >= 11 is 0. The van der Waals surface area contributed by atoms with Gasteiger partial charge >= 0.3 is 12.0 Å². The lowest BCUT2D eigenvalue weighted by molar-refractivity contribution is 0.0600. The highest BCUT2D eigenvalue weighted by Crippen LogP contribution is 2.13. The van der Waals surface area contributed by atoms with Crippen LogP contribution in [0.2, 0.25) is 0 Å². The SMILES string of the molecule is COCC(C)(CCO)NC(=O)Nc1cccc(C#Cc2cccc(C(=O)OC)c2)c1. The molecule has 0 saturated carbocycles. The number of amides is 2. The number of carbonyl (C=O) groups excluding carboxylic acids is 2. The van der Waals surface area contributed by atoms with Crippen molar-refractivity contribution in [3.8, 4) is 11.8 Å². The first-order chi connectivity index (χ1) is 14.4. The quantitative estimate of drug-likeness (QED) is 0.482. The molecule has 2 amide bonds. The van der Waals surface area contributed by atoms with Crippen LogP contribution in [0.3, 0.4) is 0 Å². The summed E-state index contributed by atoms with van der Waals surface area (Å²) in [5.41, 5.74) is 1.69. The van der Waals surface area contributed by atoms with Gasteiger partial charge in [0, 0.05) is 30.5 Å². The maximum Gasteiger partial charge on any atom is 0.337 e. The summed E-state index contributed by atoms with van der Waals surface area (Å²) in [5.74, 6) is 5.60. The molecule has 0 aliphatic rings. The normalized spacial score (nSPS) is 12.1. The molecule has 3 N–H and O–H groups in total. The van der Waals surface area contributed by atoms with Gasteiger partial charge in [0.25, 0.3) is 0 Å². The van der Waals surface area contributed by atoms with Crippen LogP contribution >= 0.6 is 0 Å². The number of benzene rings is 2. The van der Waals surface area contributed by atoms with Gasteiger partial charge in [-0.25, -0.2) is 9.59 Å². The Morgan fingerprint density at radius 2 is 1.73 bits per heavy atom. The van der Waals surface area contributed by atoms with Crippen LogP contribution in [-0.2, 0) is 9.47 Å². The standard InChI is InChI=1S/C23H26N2O5/c1-23(12-13-26,16-29-2)25-22(28)24-20-9-5-7-18(15-20)11-10-17-6-4-8-19(14-17)21(27)30-3/h4-9,14-15,26H,12-13,16H2,1-3H3,(H2,24,25,28). The molecule has 7 heteroatoms. The van der Waals surface area contributed by atoms with Gasteiger partial charge < -0.3 is 25.2 Å². The smallest absolute Gasteiger partial charge is 0.337 e. The van der Waals surface area contributed by atoms with Gasteiger partial charge in [0.1, 0.15) is 0 Å². The lowest BCUT2D eigenvalue weighted by atomic mass is 10.00. The maximum absolute atomic E-state index is 12.4. The number of rotatable bonds is 7. The molecule has 0 radical (unpaired) electrons. The van der Waals surface area contributed by atoms with E-state index in [2.05, 4.69) is 22.5 Å². The molecule has 2 aromatic carbocycles. The Balaban J connectivity index is 2.10. The number of hydrogen-bond donors (Lipinski definition) is 3. The number of nitrogens with one attached hydrogen (secondary N) is 2. The van der Waals surface area contributed by atoms with Crippen molar-refractivity contribution in [1.82, 2.24) is 5.32 Å². The van der Waals surface area contributed by atoms with Gasteiger partial charge in [-0.2, -0.15) is 0 Å². The van der Waals surface area contributed by atoms with E-state index in [0.717, 1.165) is 0 Å². The summed E-state index contributed by atoms with van der Waals surface area (Å²) in [6.45, 7) is 2.01. The lowest BCUT2D eigenvalue weighted by Crippen LogP contribution is -2.51. The van der Waals surface area contributed by atoms with Crippen molar-refractivity contribution in [2.45, 2.75) is 18.9 Å². The number of esters is 1. The molecular formula is C23H26N2O5. The molecule has 30 heavy (non-hydrogen) atoms. The molecule has 0 fully saturated rings. The third-order valence-corrected chi connectivity index (χ3v) is 4.30. The van der Waals surface area contributed by atoms with Gasteiger partial charge in [0.2, 0.25) is 0 Å². The predicted molar refractivity (Wildman–Crippen MR) is 114 cm³/mol. The van der Waals surface area contributed by atoms with Crippen LogP contribution in [0.15, 0.2) is 48.5 Å². The largest absolute Gasteiger partial charge is 0.465 e. The molecule has 0 aromatic heterocycles. The van der Waals surface area contributed by atoms with Gasteiger partial charge in [-0.15, -0.1) is 0 Å². The molecule has 0 aliphatic carbocycles. The first-order valence-corrected chi connectivity index (χ1v) is 9.38. The van der Waals surface area contributed by atoms with Gasteiger partial charge in [0.05, 0.1) is 24.8 Å². The van der Waals surface area contributed by atoms with Crippen molar-refractivity contribution < 1.29 is 24.2 Å². The molecule has 0 heterocycles. The van der Waals surface area contributed by atoms with E-state index in [-0.39, 0.29) is 13.2 Å². The Morgan fingerprint density at radius 3 is 2.37 bits per heavy atom. The highest BCUT2D eigenvalue weighted by molar-refractivity contribution is 5.90. The average molecular weight is 410 g/mol. The lowest BCUT2D eigenvalue weighted by Gasteiger charge is -2.29. The summed E-state index contributed by atoms with van der Waals surface area (Å²) in [4.78, 5) is 24.0. The second kappa shape index (κ2) is 11.0. The van der Waals surface area contributed by atoms with Crippen LogP contribution in [-0.4, -0.2) is 50.1 Å². The van der Waals surface area contributed by atoms with Crippen molar-refractivity contribution in [3.63, 3.8) is 0 Å². The number of carbonyl (C=O) groups is 2. The van der Waals surface area contributed by atoms with E-state index < -0.39 is 17.5 Å². The van der Waals surface area contributed by atoms with E-state index in [9.17, 15) is 14.7 Å². The van der Waals surface area contributed by atoms with Crippen molar-refractivity contribution in [2.24, 2.45) is 0 Å². The Morgan fingerprint density at radius 1 is 1.07 bits per heavy atom. The minimum absolute atomic E-state index is 0.0671. The van der Waals surface area contributed by atoms with Crippen molar-refractivity contribution in [1.29, 1.82) is 0 Å². The second-order valence-electron chi connectivity index (χ2n) is 6.95. The van der Waals surface area contributed by atoms with Crippen LogP contribution in [0.25, 0.3) is 0 Å². The monoisotopic (exact) mass is 410 g/mol. The molecule has 158 valence electrons. The fourth-order valence-electron chi connectivity index (χ4n) is 2.83. The summed E-state index contributed by atoms with van der Waals surface area (Å²) in [6, 6.07) is 13.6. The Hall–Kier alpha value is -3.34. The van der Waals surface area contributed by atoms with Gasteiger partial charge in [-0.3, -0.25) is 0 Å². The molecule has 2 rings (SSSR count). The first-order valence-electron chi connectivity index (χ1n) is 9.38. The summed E-state index contributed by atoms with van der Waals surface area (Å²) in [5, 5.41) is 14.8. The van der Waals surface area contributed by atoms with E-state index in [0.29, 0.717) is 28.8 Å². The van der Waals surface area contributed by atoms with E-state index >= 15 is 0 Å². The molecular weight excluding hydrogens is 384 g/mol. The number of urea groups is 1. The summed E-state index contributed by atoms with van der Waals surface area (Å²) < 4.78 is 9.85. The second-order valence-corrected chi connectivity index (χ2v) is 6.95. The van der Waals surface area contributed by atoms with Gasteiger partial charge in [0.15, 0.2) is 0 Å². The highest BCUT2D eigenvalue weighted by Gasteiger charge is 2.25. The molecule has 2 aromatic rings. The molecule has 0 bridgehead atoms. The Labute approximate surface area is 176 Å². The molecule has 0 saturated heterocycles. The van der Waals surface area contributed by atoms with E-state index in [1.165, 1.54) is 14.2 Å².